The Morgan fingerprint density at radius 2 is 2.12 bits per heavy atom. The van der Waals surface area contributed by atoms with Crippen molar-refractivity contribution in [1.82, 2.24) is 0 Å². The van der Waals surface area contributed by atoms with Crippen LogP contribution in [0.5, 0.6) is 0 Å². The zero-order valence-corrected chi connectivity index (χ0v) is 12.1. The van der Waals surface area contributed by atoms with Gasteiger partial charge >= 0.3 is 0 Å². The summed E-state index contributed by atoms with van der Waals surface area (Å²) in [5.41, 5.74) is 7.88. The van der Waals surface area contributed by atoms with Crippen molar-refractivity contribution >= 4 is 38.6 Å². The van der Waals surface area contributed by atoms with Gasteiger partial charge in [0.1, 0.15) is 0 Å². The van der Waals surface area contributed by atoms with Gasteiger partial charge in [-0.3, -0.25) is 0 Å². The molecule has 4 heteroatoms. The third-order valence-corrected chi connectivity index (χ3v) is 4.42. The number of benzene rings is 1. The fourth-order valence-electron chi connectivity index (χ4n) is 1.72. The van der Waals surface area contributed by atoms with Crippen molar-refractivity contribution in [2.24, 2.45) is 0 Å². The van der Waals surface area contributed by atoms with E-state index in [2.05, 4.69) is 45.4 Å². The van der Waals surface area contributed by atoms with Crippen molar-refractivity contribution < 1.29 is 0 Å². The van der Waals surface area contributed by atoms with Gasteiger partial charge < -0.3 is 10.6 Å². The number of hydrogen-bond acceptors (Lipinski definition) is 3. The summed E-state index contributed by atoms with van der Waals surface area (Å²) in [6.45, 7) is 0.973. The van der Waals surface area contributed by atoms with Gasteiger partial charge in [-0.2, -0.15) is 0 Å². The molecular weight excluding hydrogens is 296 g/mol. The second kappa shape index (κ2) is 5.56. The molecule has 2 rings (SSSR count). The first-order valence-corrected chi connectivity index (χ1v) is 7.12. The van der Waals surface area contributed by atoms with E-state index >= 15 is 0 Å². The highest BCUT2D eigenvalue weighted by atomic mass is 79.9. The normalized spacial score (nSPS) is 10.5. The first kappa shape index (κ1) is 12.5. The summed E-state index contributed by atoms with van der Waals surface area (Å²) < 4.78 is 1.17. The lowest BCUT2D eigenvalue weighted by atomic mass is 10.2. The molecule has 0 fully saturated rings. The lowest BCUT2D eigenvalue weighted by Crippen LogP contribution is -2.21. The van der Waals surface area contributed by atoms with Crippen molar-refractivity contribution in [2.75, 3.05) is 24.2 Å². The topological polar surface area (TPSA) is 29.3 Å². The van der Waals surface area contributed by atoms with E-state index in [1.54, 1.807) is 11.3 Å². The Balaban J connectivity index is 1.98. The Hall–Kier alpha value is -1.00. The average Bonchev–Trinajstić information content (AvgIpc) is 2.73. The summed E-state index contributed by atoms with van der Waals surface area (Å²) in [5, 5.41) is 2.12. The predicted octanol–water partition coefficient (Wildman–Crippen LogP) is 3.77. The maximum Gasteiger partial charge on any atom is 0.0597 e. The fourth-order valence-corrected chi connectivity index (χ4v) is 3.16. The molecule has 2 aromatic rings. The molecule has 0 bridgehead atoms. The molecule has 17 heavy (non-hydrogen) atoms. The van der Waals surface area contributed by atoms with Crippen LogP contribution in [0, 0.1) is 0 Å². The molecule has 0 amide bonds. The van der Waals surface area contributed by atoms with Crippen molar-refractivity contribution in [3.05, 3.63) is 45.1 Å². The van der Waals surface area contributed by atoms with Crippen LogP contribution >= 0.6 is 27.3 Å². The predicted molar refractivity (Wildman–Crippen MR) is 79.8 cm³/mol. The van der Waals surface area contributed by atoms with Crippen LogP contribution in [0.3, 0.4) is 0 Å². The number of anilines is 2. The van der Waals surface area contributed by atoms with Crippen LogP contribution in [-0.2, 0) is 6.42 Å². The molecule has 1 aromatic heterocycles. The highest BCUT2D eigenvalue weighted by Crippen LogP contribution is 2.23. The lowest BCUT2D eigenvalue weighted by molar-refractivity contribution is 0.888. The van der Waals surface area contributed by atoms with Crippen LogP contribution in [0.15, 0.2) is 40.2 Å². The third-order valence-electron chi connectivity index (χ3n) is 2.66. The minimum atomic E-state index is 0.836. The Labute approximate surface area is 114 Å². The number of halogens is 1. The molecule has 0 atom stereocenters. The fraction of sp³-hybridized carbons (Fsp3) is 0.231. The first-order chi connectivity index (χ1) is 8.16. The summed E-state index contributed by atoms with van der Waals surface area (Å²) in [7, 11) is 2.08. The standard InChI is InChI=1S/C13H15BrN2S/c1-16(13-5-3-2-4-12(13)15)7-6-11-8-10(14)9-17-11/h2-5,8-9H,6-7,15H2,1H3. The van der Waals surface area contributed by atoms with Crippen LogP contribution in [0.2, 0.25) is 0 Å². The van der Waals surface area contributed by atoms with E-state index in [1.165, 1.54) is 9.35 Å². The Morgan fingerprint density at radius 3 is 2.76 bits per heavy atom. The molecule has 0 aliphatic heterocycles. The number of likely N-dealkylation sites (N-methyl/N-ethyl adjacent to an activating group) is 1. The van der Waals surface area contributed by atoms with Crippen molar-refractivity contribution in [2.45, 2.75) is 6.42 Å². The molecule has 0 aliphatic rings. The molecule has 0 saturated heterocycles. The summed E-state index contributed by atoms with van der Waals surface area (Å²) in [5.74, 6) is 0. The van der Waals surface area contributed by atoms with Crippen LogP contribution in [0.4, 0.5) is 11.4 Å². The first-order valence-electron chi connectivity index (χ1n) is 5.45. The summed E-state index contributed by atoms with van der Waals surface area (Å²) >= 11 is 5.26. The summed E-state index contributed by atoms with van der Waals surface area (Å²) in [4.78, 5) is 3.58. The third kappa shape index (κ3) is 3.23. The van der Waals surface area contributed by atoms with Crippen LogP contribution in [0.1, 0.15) is 4.88 Å². The van der Waals surface area contributed by atoms with E-state index in [-0.39, 0.29) is 0 Å². The van der Waals surface area contributed by atoms with E-state index in [0.29, 0.717) is 0 Å². The van der Waals surface area contributed by atoms with Crippen molar-refractivity contribution in [3.63, 3.8) is 0 Å². The number of nitrogen functional groups attached to an aromatic ring is 1. The number of para-hydroxylation sites is 2. The molecular formula is C13H15BrN2S. The van der Waals surface area contributed by atoms with Crippen LogP contribution in [0.25, 0.3) is 0 Å². The molecule has 0 saturated carbocycles. The van der Waals surface area contributed by atoms with Crippen molar-refractivity contribution in [1.29, 1.82) is 0 Å². The van der Waals surface area contributed by atoms with Gasteiger partial charge in [0.15, 0.2) is 0 Å². The molecule has 90 valence electrons. The van der Waals surface area contributed by atoms with E-state index in [0.717, 1.165) is 24.3 Å². The molecule has 2 nitrogen and oxygen atoms in total. The minimum Gasteiger partial charge on any atom is -0.397 e. The van der Waals surface area contributed by atoms with Crippen LogP contribution < -0.4 is 10.6 Å². The second-order valence-electron chi connectivity index (χ2n) is 3.96. The smallest absolute Gasteiger partial charge is 0.0597 e. The Kier molecular flexibility index (Phi) is 4.07. The van der Waals surface area contributed by atoms with Gasteiger partial charge in [0.2, 0.25) is 0 Å². The average molecular weight is 311 g/mol. The Morgan fingerprint density at radius 1 is 1.35 bits per heavy atom. The van der Waals surface area contributed by atoms with E-state index < -0.39 is 0 Å². The van der Waals surface area contributed by atoms with Gasteiger partial charge in [-0.15, -0.1) is 11.3 Å². The monoisotopic (exact) mass is 310 g/mol. The van der Waals surface area contributed by atoms with Crippen molar-refractivity contribution in [3.8, 4) is 0 Å². The lowest BCUT2D eigenvalue weighted by Gasteiger charge is -2.20. The van der Waals surface area contributed by atoms with E-state index in [1.807, 2.05) is 18.2 Å². The molecule has 0 radical (unpaired) electrons. The molecule has 0 aliphatic carbocycles. The largest absolute Gasteiger partial charge is 0.397 e. The highest BCUT2D eigenvalue weighted by molar-refractivity contribution is 9.10. The summed E-state index contributed by atoms with van der Waals surface area (Å²) in [6, 6.07) is 10.1. The maximum atomic E-state index is 5.95. The van der Waals surface area contributed by atoms with E-state index in [4.69, 9.17) is 5.73 Å². The zero-order valence-electron chi connectivity index (χ0n) is 9.69. The SMILES string of the molecule is CN(CCc1cc(Br)cs1)c1ccccc1N. The number of nitrogens with zero attached hydrogens (tertiary/aromatic N) is 1. The minimum absolute atomic E-state index is 0.836. The molecule has 0 unspecified atom stereocenters. The molecule has 1 aromatic carbocycles. The van der Waals surface area contributed by atoms with Gasteiger partial charge in [-0.1, -0.05) is 12.1 Å². The zero-order chi connectivity index (χ0) is 12.3. The number of rotatable bonds is 4. The highest BCUT2D eigenvalue weighted by Gasteiger charge is 2.05. The van der Waals surface area contributed by atoms with Gasteiger partial charge in [-0.25, -0.2) is 0 Å². The molecule has 2 N–H and O–H groups in total. The number of hydrogen-bond donors (Lipinski definition) is 1. The second-order valence-corrected chi connectivity index (χ2v) is 5.87. The molecule has 1 heterocycles. The summed E-state index contributed by atoms with van der Waals surface area (Å²) in [6.07, 6.45) is 1.04. The van der Waals surface area contributed by atoms with E-state index in [9.17, 15) is 0 Å². The maximum absolute atomic E-state index is 5.95. The molecule has 0 spiro atoms. The quantitative estimate of drug-likeness (QED) is 0.871. The Bertz CT molecular complexity index is 496. The van der Waals surface area contributed by atoms with Crippen LogP contribution in [-0.4, -0.2) is 13.6 Å². The van der Waals surface area contributed by atoms with Gasteiger partial charge in [-0.05, 0) is 40.5 Å². The number of thiophene rings is 1. The van der Waals surface area contributed by atoms with Gasteiger partial charge in [0.25, 0.3) is 0 Å². The van der Waals surface area contributed by atoms with Gasteiger partial charge in [0.05, 0.1) is 11.4 Å². The number of nitrogens with two attached hydrogens (primary N) is 1. The van der Waals surface area contributed by atoms with Gasteiger partial charge in [0, 0.05) is 28.3 Å².